The lowest BCUT2D eigenvalue weighted by molar-refractivity contribution is 0.679. The highest BCUT2D eigenvalue weighted by Gasteiger charge is 2.21. The van der Waals surface area contributed by atoms with Gasteiger partial charge in [-0.25, -0.2) is 4.99 Å². The maximum Gasteiger partial charge on any atom is 0.174 e. The highest BCUT2D eigenvalue weighted by Crippen LogP contribution is 2.22. The van der Waals surface area contributed by atoms with E-state index in [4.69, 9.17) is 5.41 Å². The predicted molar refractivity (Wildman–Crippen MR) is 53.1 cm³/mol. The van der Waals surface area contributed by atoms with E-state index in [2.05, 4.69) is 4.99 Å². The summed E-state index contributed by atoms with van der Waals surface area (Å²) in [7, 11) is 0. The van der Waals surface area contributed by atoms with Crippen LogP contribution in [0.2, 0.25) is 0 Å². The Morgan fingerprint density at radius 3 is 2.91 bits per heavy atom. The lowest BCUT2D eigenvalue weighted by Crippen LogP contribution is -2.15. The van der Waals surface area contributed by atoms with Crippen LogP contribution in [0.4, 0.5) is 0 Å². The van der Waals surface area contributed by atoms with Gasteiger partial charge in [0.25, 0.3) is 0 Å². The molecule has 0 amide bonds. The van der Waals surface area contributed by atoms with E-state index >= 15 is 0 Å². The molecule has 0 unspecified atom stereocenters. The van der Waals surface area contributed by atoms with Crippen molar-refractivity contribution >= 4 is 47.6 Å². The van der Waals surface area contributed by atoms with Gasteiger partial charge in [-0.15, -0.1) is 24.8 Å². The third-order valence-electron chi connectivity index (χ3n) is 1.21. The fourth-order valence-electron chi connectivity index (χ4n) is 0.819. The number of fused-ring (bicyclic) bond motifs is 1. The first kappa shape index (κ1) is 10.8. The van der Waals surface area contributed by atoms with E-state index in [0.29, 0.717) is 12.4 Å². The van der Waals surface area contributed by atoms with E-state index in [1.807, 2.05) is 16.5 Å². The Hall–Kier alpha value is -0.190. The fraction of sp³-hybridized carbons (Fsp3) is 0.200. The minimum absolute atomic E-state index is 0. The molecule has 2 aliphatic heterocycles. The predicted octanol–water partition coefficient (Wildman–Crippen LogP) is 1.70. The highest BCUT2D eigenvalue weighted by molar-refractivity contribution is 8.16. The molecule has 0 atom stereocenters. The van der Waals surface area contributed by atoms with Gasteiger partial charge in [0.15, 0.2) is 5.17 Å². The van der Waals surface area contributed by atoms with Gasteiger partial charge in [0.2, 0.25) is 0 Å². The first-order valence-corrected chi connectivity index (χ1v) is 3.50. The second kappa shape index (κ2) is 3.99. The van der Waals surface area contributed by atoms with Gasteiger partial charge in [0, 0.05) is 6.20 Å². The molecule has 1 N–H and O–H groups in total. The zero-order valence-electron chi connectivity index (χ0n) is 5.48. The number of amidine groups is 2. The van der Waals surface area contributed by atoms with E-state index in [9.17, 15) is 0 Å². The second-order valence-corrected chi connectivity index (χ2v) is 2.74. The molecular formula is C5H7Cl2N3S. The number of hydrogen-bond acceptors (Lipinski definition) is 3. The van der Waals surface area contributed by atoms with Gasteiger partial charge in [-0.3, -0.25) is 5.41 Å². The van der Waals surface area contributed by atoms with Gasteiger partial charge in [-0.05, 0) is 5.41 Å². The summed E-state index contributed by atoms with van der Waals surface area (Å²) in [4.78, 5) is 5.94. The molecule has 0 aliphatic carbocycles. The minimum atomic E-state index is 0. The molecule has 2 heterocycles. The van der Waals surface area contributed by atoms with Crippen molar-refractivity contribution < 1.29 is 0 Å². The Balaban J connectivity index is 0.000000500. The summed E-state index contributed by atoms with van der Waals surface area (Å²) in [6, 6.07) is 0. The summed E-state index contributed by atoms with van der Waals surface area (Å²) in [5, 5.41) is 10.1. The van der Waals surface area contributed by atoms with E-state index < -0.39 is 0 Å². The lowest BCUT2D eigenvalue weighted by atomic mass is 10.6. The van der Waals surface area contributed by atoms with Crippen molar-refractivity contribution in [1.82, 2.24) is 4.90 Å². The third kappa shape index (κ3) is 1.89. The Bertz CT molecular complexity index is 226. The monoisotopic (exact) mass is 211 g/mol. The Labute approximate surface area is 81.3 Å². The third-order valence-corrected chi connectivity index (χ3v) is 2.01. The van der Waals surface area contributed by atoms with Crippen LogP contribution >= 0.6 is 36.6 Å². The molecule has 62 valence electrons. The molecule has 2 rings (SSSR count). The van der Waals surface area contributed by atoms with Crippen LogP contribution in [0.25, 0.3) is 0 Å². The van der Waals surface area contributed by atoms with Gasteiger partial charge in [-0.2, -0.15) is 0 Å². The molecule has 11 heavy (non-hydrogen) atoms. The first-order chi connectivity index (χ1) is 4.36. The quantitative estimate of drug-likeness (QED) is 0.663. The number of nitrogens with one attached hydrogen (secondary N) is 1. The molecule has 6 heteroatoms. The van der Waals surface area contributed by atoms with Crippen molar-refractivity contribution in [3.05, 3.63) is 11.6 Å². The molecule has 0 aromatic rings. The normalized spacial score (nSPS) is 18.7. The first-order valence-electron chi connectivity index (χ1n) is 2.62. The molecule has 3 nitrogen and oxygen atoms in total. The summed E-state index contributed by atoms with van der Waals surface area (Å²) in [6.07, 6.45) is 1.95. The topological polar surface area (TPSA) is 39.5 Å². The van der Waals surface area contributed by atoms with Gasteiger partial charge in [0.05, 0.1) is 6.54 Å². The largest absolute Gasteiger partial charge is 0.319 e. The van der Waals surface area contributed by atoms with Crippen molar-refractivity contribution in [2.75, 3.05) is 6.54 Å². The van der Waals surface area contributed by atoms with Gasteiger partial charge >= 0.3 is 0 Å². The summed E-state index contributed by atoms with van der Waals surface area (Å²) >= 11 is 1.57. The van der Waals surface area contributed by atoms with Gasteiger partial charge < -0.3 is 4.90 Å². The number of rotatable bonds is 0. The van der Waals surface area contributed by atoms with Crippen molar-refractivity contribution in [3.63, 3.8) is 0 Å². The molecule has 0 spiro atoms. The smallest absolute Gasteiger partial charge is 0.174 e. The van der Waals surface area contributed by atoms with Crippen molar-refractivity contribution in [2.45, 2.75) is 0 Å². The van der Waals surface area contributed by atoms with Crippen LogP contribution in [0.3, 0.4) is 0 Å². The number of hydrogen-bond donors (Lipinski definition) is 1. The summed E-state index contributed by atoms with van der Waals surface area (Å²) in [6.45, 7) is 0.652. The molecule has 0 aromatic heterocycles. The molecule has 2 aliphatic rings. The number of halogens is 2. The van der Waals surface area contributed by atoms with Crippen molar-refractivity contribution in [3.8, 4) is 0 Å². The summed E-state index contributed by atoms with van der Waals surface area (Å²) < 4.78 is 0. The zero-order chi connectivity index (χ0) is 6.27. The molecule has 0 saturated heterocycles. The fourth-order valence-corrected chi connectivity index (χ4v) is 1.57. The van der Waals surface area contributed by atoms with Crippen LogP contribution in [-0.4, -0.2) is 22.4 Å². The summed E-state index contributed by atoms with van der Waals surface area (Å²) in [5.41, 5.74) is 0. The van der Waals surface area contributed by atoms with Crippen LogP contribution in [0, 0.1) is 5.41 Å². The van der Waals surface area contributed by atoms with Crippen LogP contribution in [0.1, 0.15) is 0 Å². The molecule has 0 bridgehead atoms. The van der Waals surface area contributed by atoms with E-state index in [-0.39, 0.29) is 24.8 Å². The molecular weight excluding hydrogens is 205 g/mol. The number of nitrogens with zero attached hydrogens (tertiary/aromatic N) is 2. The molecule has 0 aromatic carbocycles. The number of aliphatic imine (C=N–C) groups is 1. The van der Waals surface area contributed by atoms with Gasteiger partial charge in [-0.1, -0.05) is 11.8 Å². The maximum atomic E-state index is 7.17. The lowest BCUT2D eigenvalue weighted by Gasteiger charge is -2.03. The van der Waals surface area contributed by atoms with Crippen LogP contribution in [0.5, 0.6) is 0 Å². The Morgan fingerprint density at radius 2 is 2.27 bits per heavy atom. The molecule has 0 fully saturated rings. The minimum Gasteiger partial charge on any atom is -0.319 e. The average Bonchev–Trinajstić information content (AvgIpc) is 2.22. The van der Waals surface area contributed by atoms with Crippen LogP contribution in [-0.2, 0) is 0 Å². The van der Waals surface area contributed by atoms with E-state index in [1.165, 1.54) is 0 Å². The SMILES string of the molecule is Cl.Cl.N=C1CN2C=CSC2=N1. The summed E-state index contributed by atoms with van der Waals surface area (Å²) in [5.74, 6) is 0.460. The second-order valence-electron chi connectivity index (χ2n) is 1.87. The standard InChI is InChI=1S/C5H5N3S.2ClH/c6-4-3-8-1-2-9-5(8)7-4;;/h1-2,6H,3H2;2*1H. The van der Waals surface area contributed by atoms with E-state index in [0.717, 1.165) is 5.17 Å². The van der Waals surface area contributed by atoms with Crippen molar-refractivity contribution in [2.24, 2.45) is 4.99 Å². The molecule has 0 radical (unpaired) electrons. The Kier molecular flexibility index (Phi) is 3.92. The van der Waals surface area contributed by atoms with Crippen LogP contribution < -0.4 is 0 Å². The Morgan fingerprint density at radius 1 is 1.55 bits per heavy atom. The zero-order valence-corrected chi connectivity index (χ0v) is 7.93. The van der Waals surface area contributed by atoms with Crippen molar-refractivity contribution in [1.29, 1.82) is 5.41 Å². The molecule has 0 saturated carbocycles. The number of thioether (sulfide) groups is 1. The highest BCUT2D eigenvalue weighted by atomic mass is 35.5. The maximum absolute atomic E-state index is 7.17. The van der Waals surface area contributed by atoms with Gasteiger partial charge in [0.1, 0.15) is 5.84 Å². The van der Waals surface area contributed by atoms with E-state index in [1.54, 1.807) is 11.8 Å². The average molecular weight is 212 g/mol. The van der Waals surface area contributed by atoms with Crippen LogP contribution in [0.15, 0.2) is 16.6 Å².